The van der Waals surface area contributed by atoms with Gasteiger partial charge in [-0.3, -0.25) is 4.79 Å². The van der Waals surface area contributed by atoms with Crippen LogP contribution in [0.25, 0.3) is 10.6 Å². The van der Waals surface area contributed by atoms with Crippen molar-refractivity contribution in [2.45, 2.75) is 26.3 Å². The van der Waals surface area contributed by atoms with Crippen LogP contribution in [0.2, 0.25) is 0 Å². The summed E-state index contributed by atoms with van der Waals surface area (Å²) in [5, 5.41) is 3.44. The van der Waals surface area contributed by atoms with Crippen LogP contribution in [0.4, 0.5) is 4.39 Å². The van der Waals surface area contributed by atoms with Crippen molar-refractivity contribution in [1.82, 2.24) is 10.3 Å². The molecule has 1 unspecified atom stereocenters. The molecule has 0 fully saturated rings. The largest absolute Gasteiger partial charge is 0.345 e. The number of amides is 1. The standard InChI is InChI=1S/C16H20FN3OS.2ClH/c1-10(2)16(3,9-18)20-14(21)13-8-19-15(22-13)11-6-4-5-7-12(11)17;;/h4-8,10H,9,18H2,1-3H3,(H,20,21);2*1H. The fraction of sp³-hybridized carbons (Fsp3) is 0.375. The van der Waals surface area contributed by atoms with Gasteiger partial charge < -0.3 is 11.1 Å². The van der Waals surface area contributed by atoms with Gasteiger partial charge in [0.2, 0.25) is 0 Å². The van der Waals surface area contributed by atoms with Crippen molar-refractivity contribution in [3.63, 3.8) is 0 Å². The number of aromatic nitrogens is 1. The zero-order valence-corrected chi connectivity index (χ0v) is 16.2. The molecule has 0 saturated heterocycles. The smallest absolute Gasteiger partial charge is 0.263 e. The number of carbonyl (C=O) groups excluding carboxylic acids is 1. The lowest BCUT2D eigenvalue weighted by molar-refractivity contribution is 0.0887. The molecule has 8 heteroatoms. The van der Waals surface area contributed by atoms with Gasteiger partial charge in [0.25, 0.3) is 5.91 Å². The fourth-order valence-corrected chi connectivity index (χ4v) is 2.73. The Balaban J connectivity index is 0.00000264. The normalized spacial score (nSPS) is 12.8. The molecule has 1 aromatic carbocycles. The van der Waals surface area contributed by atoms with Crippen LogP contribution in [0.5, 0.6) is 0 Å². The predicted molar refractivity (Wildman–Crippen MR) is 102 cm³/mol. The van der Waals surface area contributed by atoms with E-state index >= 15 is 0 Å². The summed E-state index contributed by atoms with van der Waals surface area (Å²) in [5.74, 6) is -0.389. The van der Waals surface area contributed by atoms with Crippen LogP contribution in [0.15, 0.2) is 30.5 Å². The SMILES string of the molecule is CC(C)C(C)(CN)NC(=O)c1cnc(-c2ccccc2F)s1.Cl.Cl. The first-order valence-electron chi connectivity index (χ1n) is 7.10. The molecule has 1 amide bonds. The first-order chi connectivity index (χ1) is 10.4. The Labute approximate surface area is 157 Å². The molecular formula is C16H22Cl2FN3OS. The lowest BCUT2D eigenvalue weighted by Crippen LogP contribution is -2.54. The Kier molecular flexibility index (Phi) is 8.85. The molecule has 0 radical (unpaired) electrons. The second-order valence-electron chi connectivity index (χ2n) is 5.74. The van der Waals surface area contributed by atoms with Gasteiger partial charge in [0, 0.05) is 12.1 Å². The highest BCUT2D eigenvalue weighted by atomic mass is 35.5. The number of hydrogen-bond acceptors (Lipinski definition) is 4. The van der Waals surface area contributed by atoms with E-state index in [9.17, 15) is 9.18 Å². The number of carbonyl (C=O) groups is 1. The summed E-state index contributed by atoms with van der Waals surface area (Å²) in [7, 11) is 0. The van der Waals surface area contributed by atoms with Crippen LogP contribution >= 0.6 is 36.2 Å². The summed E-state index contributed by atoms with van der Waals surface area (Å²) in [4.78, 5) is 17.0. The molecule has 0 aliphatic rings. The molecule has 4 nitrogen and oxygen atoms in total. The molecular weight excluding hydrogens is 372 g/mol. The van der Waals surface area contributed by atoms with E-state index in [2.05, 4.69) is 10.3 Å². The van der Waals surface area contributed by atoms with Crippen LogP contribution in [-0.4, -0.2) is 23.0 Å². The van der Waals surface area contributed by atoms with Gasteiger partial charge in [0.05, 0.1) is 11.7 Å². The molecule has 1 atom stereocenters. The summed E-state index contributed by atoms with van der Waals surface area (Å²) < 4.78 is 13.8. The van der Waals surface area contributed by atoms with E-state index in [0.29, 0.717) is 22.0 Å². The van der Waals surface area contributed by atoms with Gasteiger partial charge in [-0.15, -0.1) is 36.2 Å². The molecule has 0 bridgehead atoms. The molecule has 1 aromatic heterocycles. The van der Waals surface area contributed by atoms with Crippen LogP contribution in [0, 0.1) is 11.7 Å². The van der Waals surface area contributed by atoms with Crippen molar-refractivity contribution in [3.05, 3.63) is 41.2 Å². The summed E-state index contributed by atoms with van der Waals surface area (Å²) in [6.45, 7) is 6.26. The molecule has 0 aliphatic carbocycles. The van der Waals surface area contributed by atoms with E-state index in [1.54, 1.807) is 18.2 Å². The van der Waals surface area contributed by atoms with Crippen molar-refractivity contribution < 1.29 is 9.18 Å². The molecule has 0 saturated carbocycles. The number of nitrogens with one attached hydrogen (secondary N) is 1. The topological polar surface area (TPSA) is 68.0 Å². The monoisotopic (exact) mass is 393 g/mol. The highest BCUT2D eigenvalue weighted by Crippen LogP contribution is 2.27. The van der Waals surface area contributed by atoms with E-state index in [-0.39, 0.29) is 42.5 Å². The van der Waals surface area contributed by atoms with Crippen molar-refractivity contribution in [3.8, 4) is 10.6 Å². The van der Waals surface area contributed by atoms with Gasteiger partial charge in [-0.2, -0.15) is 0 Å². The lowest BCUT2D eigenvalue weighted by Gasteiger charge is -2.33. The first-order valence-corrected chi connectivity index (χ1v) is 7.92. The third-order valence-corrected chi connectivity index (χ3v) is 4.96. The number of benzene rings is 1. The average molecular weight is 394 g/mol. The number of rotatable bonds is 5. The maximum Gasteiger partial charge on any atom is 0.263 e. The number of hydrogen-bond donors (Lipinski definition) is 2. The van der Waals surface area contributed by atoms with Crippen LogP contribution in [0.3, 0.4) is 0 Å². The summed E-state index contributed by atoms with van der Waals surface area (Å²) in [6, 6.07) is 6.38. The average Bonchev–Trinajstić information content (AvgIpc) is 2.97. The summed E-state index contributed by atoms with van der Waals surface area (Å²) in [5.41, 5.74) is 5.69. The minimum absolute atomic E-state index is 0. The van der Waals surface area contributed by atoms with E-state index in [1.165, 1.54) is 23.6 Å². The van der Waals surface area contributed by atoms with Gasteiger partial charge in [0.15, 0.2) is 0 Å². The highest BCUT2D eigenvalue weighted by molar-refractivity contribution is 7.16. The van der Waals surface area contributed by atoms with Crippen LogP contribution < -0.4 is 11.1 Å². The first kappa shape index (κ1) is 22.8. The molecule has 1 heterocycles. The molecule has 3 N–H and O–H groups in total. The quantitative estimate of drug-likeness (QED) is 0.809. The maximum atomic E-state index is 13.8. The molecule has 134 valence electrons. The Hall–Kier alpha value is -1.21. The van der Waals surface area contributed by atoms with Crippen LogP contribution in [-0.2, 0) is 0 Å². The predicted octanol–water partition coefficient (Wildman–Crippen LogP) is 3.90. The second kappa shape index (κ2) is 9.32. The lowest BCUT2D eigenvalue weighted by atomic mass is 9.88. The second-order valence-corrected chi connectivity index (χ2v) is 6.77. The highest BCUT2D eigenvalue weighted by Gasteiger charge is 2.29. The Bertz CT molecular complexity index is 681. The fourth-order valence-electron chi connectivity index (χ4n) is 1.89. The van der Waals surface area contributed by atoms with Gasteiger partial charge >= 0.3 is 0 Å². The van der Waals surface area contributed by atoms with Crippen molar-refractivity contribution in [1.29, 1.82) is 0 Å². The molecule has 2 rings (SSSR count). The number of thiazole rings is 1. The zero-order valence-electron chi connectivity index (χ0n) is 13.7. The van der Waals surface area contributed by atoms with Crippen molar-refractivity contribution in [2.75, 3.05) is 6.54 Å². The minimum Gasteiger partial charge on any atom is -0.345 e. The number of halogens is 3. The van der Waals surface area contributed by atoms with Crippen molar-refractivity contribution in [2.24, 2.45) is 11.7 Å². The Morgan fingerprint density at radius 2 is 2.00 bits per heavy atom. The zero-order chi connectivity index (χ0) is 16.3. The van der Waals surface area contributed by atoms with E-state index in [4.69, 9.17) is 5.73 Å². The van der Waals surface area contributed by atoms with Gasteiger partial charge in [-0.05, 0) is 25.0 Å². The Morgan fingerprint density at radius 1 is 1.38 bits per heavy atom. The third kappa shape index (κ3) is 4.89. The molecule has 0 aliphatic heterocycles. The maximum absolute atomic E-state index is 13.8. The van der Waals surface area contributed by atoms with Gasteiger partial charge in [0.1, 0.15) is 15.7 Å². The summed E-state index contributed by atoms with van der Waals surface area (Å²) in [6.07, 6.45) is 1.47. The van der Waals surface area contributed by atoms with Crippen molar-refractivity contribution >= 4 is 42.1 Å². The Morgan fingerprint density at radius 3 is 2.54 bits per heavy atom. The molecule has 24 heavy (non-hydrogen) atoms. The van der Waals surface area contributed by atoms with Crippen LogP contribution in [0.1, 0.15) is 30.4 Å². The number of nitrogens with two attached hydrogens (primary N) is 1. The van der Waals surface area contributed by atoms with Gasteiger partial charge in [-0.25, -0.2) is 9.37 Å². The van der Waals surface area contributed by atoms with E-state index < -0.39 is 5.54 Å². The van der Waals surface area contributed by atoms with E-state index in [1.807, 2.05) is 20.8 Å². The van der Waals surface area contributed by atoms with E-state index in [0.717, 1.165) is 0 Å². The third-order valence-electron chi connectivity index (χ3n) is 3.93. The molecule has 0 spiro atoms. The van der Waals surface area contributed by atoms with Gasteiger partial charge in [-0.1, -0.05) is 26.0 Å². The number of nitrogens with zero attached hydrogens (tertiary/aromatic N) is 1. The molecule has 2 aromatic rings. The summed E-state index contributed by atoms with van der Waals surface area (Å²) >= 11 is 1.17. The minimum atomic E-state index is -0.487.